The number of hydrogen-bond acceptors (Lipinski definition) is 4. The van der Waals surface area contributed by atoms with E-state index in [1.54, 1.807) is 0 Å². The quantitative estimate of drug-likeness (QED) is 0.567. The SMILES string of the molecule is Cc1nnc(NCCSc2ccccc2)c2ccccc12. The molecule has 3 aromatic rings. The lowest BCUT2D eigenvalue weighted by Crippen LogP contribution is -2.07. The molecule has 0 unspecified atom stereocenters. The van der Waals surface area contributed by atoms with E-state index in [0.717, 1.165) is 34.6 Å². The van der Waals surface area contributed by atoms with Crippen molar-refractivity contribution < 1.29 is 0 Å². The molecule has 1 heterocycles. The Morgan fingerprint density at radius 1 is 0.905 bits per heavy atom. The molecule has 4 heteroatoms. The van der Waals surface area contributed by atoms with Crippen LogP contribution in [0.25, 0.3) is 10.8 Å². The fourth-order valence-electron chi connectivity index (χ4n) is 2.22. The van der Waals surface area contributed by atoms with Gasteiger partial charge in [-0.05, 0) is 19.1 Å². The van der Waals surface area contributed by atoms with Crippen LogP contribution in [0.1, 0.15) is 5.69 Å². The van der Waals surface area contributed by atoms with Crippen molar-refractivity contribution in [2.75, 3.05) is 17.6 Å². The lowest BCUT2D eigenvalue weighted by atomic mass is 10.1. The summed E-state index contributed by atoms with van der Waals surface area (Å²) in [4.78, 5) is 1.29. The van der Waals surface area contributed by atoms with E-state index in [1.807, 2.05) is 36.9 Å². The summed E-state index contributed by atoms with van der Waals surface area (Å²) < 4.78 is 0. The summed E-state index contributed by atoms with van der Waals surface area (Å²) in [5.41, 5.74) is 0.967. The lowest BCUT2D eigenvalue weighted by Gasteiger charge is -2.09. The summed E-state index contributed by atoms with van der Waals surface area (Å²) in [5, 5.41) is 14.2. The van der Waals surface area contributed by atoms with Crippen LogP contribution >= 0.6 is 11.8 Å². The number of nitrogens with one attached hydrogen (secondary N) is 1. The molecule has 0 aliphatic carbocycles. The Hall–Kier alpha value is -2.07. The van der Waals surface area contributed by atoms with Crippen molar-refractivity contribution in [3.63, 3.8) is 0 Å². The average Bonchev–Trinajstić information content (AvgIpc) is 2.55. The van der Waals surface area contributed by atoms with Crippen LogP contribution in [0.2, 0.25) is 0 Å². The van der Waals surface area contributed by atoms with Crippen molar-refractivity contribution in [3.8, 4) is 0 Å². The first-order valence-corrected chi connectivity index (χ1v) is 7.97. The second-order valence-electron chi connectivity index (χ2n) is 4.77. The highest BCUT2D eigenvalue weighted by Crippen LogP contribution is 2.22. The highest BCUT2D eigenvalue weighted by atomic mass is 32.2. The molecule has 0 aliphatic heterocycles. The van der Waals surface area contributed by atoms with Crippen molar-refractivity contribution in [1.29, 1.82) is 0 Å². The van der Waals surface area contributed by atoms with Gasteiger partial charge >= 0.3 is 0 Å². The Bertz CT molecular complexity index is 728. The van der Waals surface area contributed by atoms with E-state index in [4.69, 9.17) is 0 Å². The first kappa shape index (κ1) is 13.9. The first-order valence-electron chi connectivity index (χ1n) is 6.98. The number of rotatable bonds is 5. The van der Waals surface area contributed by atoms with Crippen LogP contribution < -0.4 is 5.32 Å². The van der Waals surface area contributed by atoms with E-state index < -0.39 is 0 Å². The van der Waals surface area contributed by atoms with Crippen LogP contribution in [0.3, 0.4) is 0 Å². The summed E-state index contributed by atoms with van der Waals surface area (Å²) in [7, 11) is 0. The summed E-state index contributed by atoms with van der Waals surface area (Å²) in [6.45, 7) is 2.85. The smallest absolute Gasteiger partial charge is 0.156 e. The Morgan fingerprint density at radius 3 is 2.43 bits per heavy atom. The van der Waals surface area contributed by atoms with Crippen molar-refractivity contribution in [2.24, 2.45) is 0 Å². The van der Waals surface area contributed by atoms with E-state index in [9.17, 15) is 0 Å². The van der Waals surface area contributed by atoms with Gasteiger partial charge in [0.05, 0.1) is 5.69 Å². The van der Waals surface area contributed by atoms with Gasteiger partial charge in [-0.3, -0.25) is 0 Å². The maximum Gasteiger partial charge on any atom is 0.156 e. The third kappa shape index (κ3) is 3.34. The fraction of sp³-hybridized carbons (Fsp3) is 0.176. The third-order valence-electron chi connectivity index (χ3n) is 3.28. The monoisotopic (exact) mass is 295 g/mol. The maximum absolute atomic E-state index is 4.28. The molecule has 0 bridgehead atoms. The summed E-state index contributed by atoms with van der Waals surface area (Å²) in [5.74, 6) is 1.86. The standard InChI is InChI=1S/C17H17N3S/c1-13-15-9-5-6-10-16(15)17(20-19-13)18-11-12-21-14-7-3-2-4-8-14/h2-10H,11-12H2,1H3,(H,18,20). The summed E-state index contributed by atoms with van der Waals surface area (Å²) in [6.07, 6.45) is 0. The van der Waals surface area contributed by atoms with E-state index >= 15 is 0 Å². The van der Waals surface area contributed by atoms with E-state index in [-0.39, 0.29) is 0 Å². The zero-order chi connectivity index (χ0) is 14.5. The number of aryl methyl sites for hydroxylation is 1. The maximum atomic E-state index is 4.28. The molecule has 0 fully saturated rings. The molecule has 3 nitrogen and oxygen atoms in total. The highest BCUT2D eigenvalue weighted by Gasteiger charge is 2.05. The van der Waals surface area contributed by atoms with Crippen LogP contribution in [-0.2, 0) is 0 Å². The third-order valence-corrected chi connectivity index (χ3v) is 4.29. The number of anilines is 1. The van der Waals surface area contributed by atoms with Gasteiger partial charge in [-0.1, -0.05) is 42.5 Å². The molecule has 106 valence electrons. The van der Waals surface area contributed by atoms with E-state index in [2.05, 4.69) is 51.9 Å². The van der Waals surface area contributed by atoms with Gasteiger partial charge in [-0.25, -0.2) is 0 Å². The van der Waals surface area contributed by atoms with Crippen LogP contribution in [0.4, 0.5) is 5.82 Å². The van der Waals surface area contributed by atoms with Gasteiger partial charge in [-0.2, -0.15) is 5.10 Å². The second kappa shape index (κ2) is 6.59. The number of fused-ring (bicyclic) bond motifs is 1. The minimum absolute atomic E-state index is 0.862. The second-order valence-corrected chi connectivity index (χ2v) is 5.94. The van der Waals surface area contributed by atoms with Crippen LogP contribution in [0, 0.1) is 6.92 Å². The van der Waals surface area contributed by atoms with Gasteiger partial charge in [0.2, 0.25) is 0 Å². The molecule has 1 N–H and O–H groups in total. The predicted molar refractivity (Wildman–Crippen MR) is 89.9 cm³/mol. The number of nitrogens with zero attached hydrogens (tertiary/aromatic N) is 2. The first-order chi connectivity index (χ1) is 10.3. The molecular formula is C17H17N3S. The Kier molecular flexibility index (Phi) is 4.36. The lowest BCUT2D eigenvalue weighted by molar-refractivity contribution is 0.992. The number of thioether (sulfide) groups is 1. The molecule has 0 amide bonds. The van der Waals surface area contributed by atoms with Gasteiger partial charge in [0, 0.05) is 28.0 Å². The molecule has 0 saturated heterocycles. The number of benzene rings is 2. The van der Waals surface area contributed by atoms with Crippen LogP contribution in [-0.4, -0.2) is 22.5 Å². The van der Waals surface area contributed by atoms with E-state index in [0.29, 0.717) is 0 Å². The zero-order valence-corrected chi connectivity index (χ0v) is 12.7. The Labute approximate surface area is 128 Å². The zero-order valence-electron chi connectivity index (χ0n) is 11.9. The molecule has 1 aromatic heterocycles. The Balaban J connectivity index is 1.65. The molecule has 21 heavy (non-hydrogen) atoms. The number of hydrogen-bond donors (Lipinski definition) is 1. The van der Waals surface area contributed by atoms with Crippen molar-refractivity contribution >= 4 is 28.4 Å². The predicted octanol–water partition coefficient (Wildman–Crippen LogP) is 4.14. The van der Waals surface area contributed by atoms with Crippen molar-refractivity contribution in [3.05, 3.63) is 60.3 Å². The molecule has 0 radical (unpaired) electrons. The average molecular weight is 295 g/mol. The molecule has 0 aliphatic rings. The van der Waals surface area contributed by atoms with Gasteiger partial charge in [-0.15, -0.1) is 16.9 Å². The van der Waals surface area contributed by atoms with Crippen molar-refractivity contribution in [1.82, 2.24) is 10.2 Å². The van der Waals surface area contributed by atoms with Gasteiger partial charge < -0.3 is 5.32 Å². The summed E-state index contributed by atoms with van der Waals surface area (Å²) in [6, 6.07) is 18.7. The minimum atomic E-state index is 0.862. The van der Waals surface area contributed by atoms with Gasteiger partial charge in [0.15, 0.2) is 5.82 Å². The molecule has 3 rings (SSSR count). The molecule has 0 spiro atoms. The van der Waals surface area contributed by atoms with E-state index in [1.165, 1.54) is 4.90 Å². The Morgan fingerprint density at radius 2 is 1.62 bits per heavy atom. The largest absolute Gasteiger partial charge is 0.367 e. The van der Waals surface area contributed by atoms with Gasteiger partial charge in [0.1, 0.15) is 0 Å². The topological polar surface area (TPSA) is 37.8 Å². The fourth-order valence-corrected chi connectivity index (χ4v) is 3.01. The number of aromatic nitrogens is 2. The molecule has 0 saturated carbocycles. The van der Waals surface area contributed by atoms with Gasteiger partial charge in [0.25, 0.3) is 0 Å². The summed E-state index contributed by atoms with van der Waals surface area (Å²) >= 11 is 1.84. The molecule has 0 atom stereocenters. The normalized spacial score (nSPS) is 10.7. The van der Waals surface area contributed by atoms with Crippen LogP contribution in [0.15, 0.2) is 59.5 Å². The highest BCUT2D eigenvalue weighted by molar-refractivity contribution is 7.99. The molecular weight excluding hydrogens is 278 g/mol. The minimum Gasteiger partial charge on any atom is -0.367 e. The van der Waals surface area contributed by atoms with Crippen molar-refractivity contribution in [2.45, 2.75) is 11.8 Å². The molecule has 2 aromatic carbocycles. The van der Waals surface area contributed by atoms with Crippen LogP contribution in [0.5, 0.6) is 0 Å².